The second-order valence-corrected chi connectivity index (χ2v) is 5.40. The summed E-state index contributed by atoms with van der Waals surface area (Å²) < 4.78 is 0. The summed E-state index contributed by atoms with van der Waals surface area (Å²) in [6.45, 7) is 1.29. The monoisotopic (exact) mass is 338 g/mol. The highest BCUT2D eigenvalue weighted by Crippen LogP contribution is 2.07. The molecule has 2 N–H and O–H groups in total. The molecule has 0 aliphatic carbocycles. The van der Waals surface area contributed by atoms with Gasteiger partial charge >= 0.3 is 0 Å². The zero-order valence-corrected chi connectivity index (χ0v) is 14.0. The number of rotatable bonds is 6. The number of benzene rings is 2. The first-order valence-electron chi connectivity index (χ1n) is 7.67. The highest BCUT2D eigenvalue weighted by molar-refractivity contribution is 6.03. The van der Waals surface area contributed by atoms with Crippen molar-refractivity contribution in [3.8, 4) is 0 Å². The molecule has 6 nitrogen and oxygen atoms in total. The molecule has 0 atom stereocenters. The number of carbonyl (C=O) groups excluding carboxylic acids is 4. The standard InChI is InChI=1S/C19H18N2O4/c1-12(22)13-3-7-16(8-4-13)19(25)21-11-17(23)14-5-9-15(10-6-14)18(24)20-2/h3-10H,11H2,1-2H3,(H,20,24)(H,21,25). The number of ketones is 2. The third kappa shape index (κ3) is 4.60. The number of carbonyl (C=O) groups is 4. The number of Topliss-reactive ketones (excluding diaryl/α,β-unsaturated/α-hetero) is 2. The molecule has 0 bridgehead atoms. The Balaban J connectivity index is 1.95. The lowest BCUT2D eigenvalue weighted by atomic mass is 10.1. The molecule has 0 saturated carbocycles. The van der Waals surface area contributed by atoms with Gasteiger partial charge in [-0.05, 0) is 31.2 Å². The topological polar surface area (TPSA) is 92.3 Å². The molecule has 0 saturated heterocycles. The molecule has 2 aromatic rings. The zero-order chi connectivity index (χ0) is 18.4. The molecule has 2 amide bonds. The van der Waals surface area contributed by atoms with E-state index in [1.54, 1.807) is 36.4 Å². The van der Waals surface area contributed by atoms with Crippen molar-refractivity contribution in [3.63, 3.8) is 0 Å². The summed E-state index contributed by atoms with van der Waals surface area (Å²) >= 11 is 0. The van der Waals surface area contributed by atoms with Crippen LogP contribution in [-0.4, -0.2) is 37.0 Å². The summed E-state index contributed by atoms with van der Waals surface area (Å²) in [7, 11) is 1.53. The van der Waals surface area contributed by atoms with Crippen LogP contribution in [0.3, 0.4) is 0 Å². The summed E-state index contributed by atoms with van der Waals surface area (Å²) in [4.78, 5) is 46.8. The van der Waals surface area contributed by atoms with E-state index in [9.17, 15) is 19.2 Å². The first kappa shape index (κ1) is 18.1. The zero-order valence-electron chi connectivity index (χ0n) is 14.0. The van der Waals surface area contributed by atoms with E-state index in [1.165, 1.54) is 26.1 Å². The number of amides is 2. The van der Waals surface area contributed by atoms with Crippen LogP contribution in [0.5, 0.6) is 0 Å². The Morgan fingerprint density at radius 1 is 0.720 bits per heavy atom. The van der Waals surface area contributed by atoms with Gasteiger partial charge in [-0.15, -0.1) is 0 Å². The van der Waals surface area contributed by atoms with Crippen LogP contribution in [0.25, 0.3) is 0 Å². The smallest absolute Gasteiger partial charge is 0.251 e. The van der Waals surface area contributed by atoms with E-state index >= 15 is 0 Å². The number of hydrogen-bond acceptors (Lipinski definition) is 4. The normalized spacial score (nSPS) is 10.0. The van der Waals surface area contributed by atoms with Crippen LogP contribution in [0.2, 0.25) is 0 Å². The fourth-order valence-electron chi connectivity index (χ4n) is 2.17. The lowest BCUT2D eigenvalue weighted by Gasteiger charge is -2.06. The average molecular weight is 338 g/mol. The Kier molecular flexibility index (Phi) is 5.79. The van der Waals surface area contributed by atoms with Crippen LogP contribution < -0.4 is 10.6 Å². The minimum Gasteiger partial charge on any atom is -0.355 e. The van der Waals surface area contributed by atoms with Crippen molar-refractivity contribution in [2.45, 2.75) is 6.92 Å². The van der Waals surface area contributed by atoms with Gasteiger partial charge in [0.2, 0.25) is 0 Å². The van der Waals surface area contributed by atoms with Crippen molar-refractivity contribution in [1.82, 2.24) is 10.6 Å². The van der Waals surface area contributed by atoms with Crippen molar-refractivity contribution in [2.75, 3.05) is 13.6 Å². The van der Waals surface area contributed by atoms with Gasteiger partial charge in [-0.3, -0.25) is 19.2 Å². The minimum atomic E-state index is -0.398. The average Bonchev–Trinajstić information content (AvgIpc) is 2.65. The van der Waals surface area contributed by atoms with Crippen molar-refractivity contribution in [2.24, 2.45) is 0 Å². The molecule has 0 heterocycles. The van der Waals surface area contributed by atoms with Gasteiger partial charge in [0.05, 0.1) is 6.54 Å². The first-order valence-corrected chi connectivity index (χ1v) is 7.67. The molecule has 0 spiro atoms. The van der Waals surface area contributed by atoms with E-state index in [1.807, 2.05) is 0 Å². The van der Waals surface area contributed by atoms with Crippen LogP contribution in [-0.2, 0) is 0 Å². The molecular formula is C19H18N2O4. The summed E-state index contributed by atoms with van der Waals surface area (Å²) in [6, 6.07) is 12.4. The van der Waals surface area contributed by atoms with Crippen LogP contribution in [0.1, 0.15) is 48.4 Å². The largest absolute Gasteiger partial charge is 0.355 e. The molecule has 128 valence electrons. The molecule has 0 aliphatic rings. The SMILES string of the molecule is CNC(=O)c1ccc(C(=O)CNC(=O)c2ccc(C(C)=O)cc2)cc1. The summed E-state index contributed by atoms with van der Waals surface area (Å²) in [5.74, 6) is -0.980. The Morgan fingerprint density at radius 2 is 1.16 bits per heavy atom. The van der Waals surface area contributed by atoms with Crippen molar-refractivity contribution in [3.05, 3.63) is 70.8 Å². The van der Waals surface area contributed by atoms with E-state index in [0.717, 1.165) is 0 Å². The van der Waals surface area contributed by atoms with Gasteiger partial charge in [0.15, 0.2) is 11.6 Å². The predicted molar refractivity (Wildman–Crippen MR) is 92.9 cm³/mol. The maximum Gasteiger partial charge on any atom is 0.251 e. The van der Waals surface area contributed by atoms with E-state index in [4.69, 9.17) is 0 Å². The van der Waals surface area contributed by atoms with Gasteiger partial charge in [0.25, 0.3) is 11.8 Å². The fraction of sp³-hybridized carbons (Fsp3) is 0.158. The minimum absolute atomic E-state index is 0.0812. The van der Waals surface area contributed by atoms with Crippen molar-refractivity contribution >= 4 is 23.4 Å². The van der Waals surface area contributed by atoms with Crippen LogP contribution >= 0.6 is 0 Å². The highest BCUT2D eigenvalue weighted by atomic mass is 16.2. The van der Waals surface area contributed by atoms with Crippen LogP contribution in [0.15, 0.2) is 48.5 Å². The molecule has 0 aliphatic heterocycles. The molecule has 0 radical (unpaired) electrons. The maximum absolute atomic E-state index is 12.1. The summed E-state index contributed by atoms with van der Waals surface area (Å²) in [5.41, 5.74) is 1.74. The predicted octanol–water partition coefficient (Wildman–Crippen LogP) is 1.86. The number of hydrogen-bond donors (Lipinski definition) is 2. The second-order valence-electron chi connectivity index (χ2n) is 5.40. The molecule has 2 rings (SSSR count). The van der Waals surface area contributed by atoms with E-state index < -0.39 is 5.91 Å². The Hall–Kier alpha value is -3.28. The molecular weight excluding hydrogens is 320 g/mol. The quantitative estimate of drug-likeness (QED) is 0.786. The van der Waals surface area contributed by atoms with E-state index in [2.05, 4.69) is 10.6 Å². The van der Waals surface area contributed by atoms with Crippen molar-refractivity contribution in [1.29, 1.82) is 0 Å². The van der Waals surface area contributed by atoms with Gasteiger partial charge in [0, 0.05) is 29.3 Å². The van der Waals surface area contributed by atoms with Gasteiger partial charge in [0.1, 0.15) is 0 Å². The Labute approximate surface area is 145 Å². The van der Waals surface area contributed by atoms with Gasteiger partial charge in [-0.2, -0.15) is 0 Å². The Bertz CT molecular complexity index is 808. The van der Waals surface area contributed by atoms with Gasteiger partial charge < -0.3 is 10.6 Å². The number of nitrogens with one attached hydrogen (secondary N) is 2. The fourth-order valence-corrected chi connectivity index (χ4v) is 2.17. The lowest BCUT2D eigenvalue weighted by Crippen LogP contribution is -2.29. The van der Waals surface area contributed by atoms with Crippen molar-refractivity contribution < 1.29 is 19.2 Å². The van der Waals surface area contributed by atoms with Gasteiger partial charge in [-0.1, -0.05) is 24.3 Å². The van der Waals surface area contributed by atoms with Crippen LogP contribution in [0.4, 0.5) is 0 Å². The first-order chi connectivity index (χ1) is 11.9. The third-order valence-electron chi connectivity index (χ3n) is 3.66. The summed E-state index contributed by atoms with van der Waals surface area (Å²) in [5, 5.41) is 5.04. The van der Waals surface area contributed by atoms with E-state index in [0.29, 0.717) is 22.3 Å². The van der Waals surface area contributed by atoms with E-state index in [-0.39, 0.29) is 24.0 Å². The Morgan fingerprint density at radius 3 is 1.64 bits per heavy atom. The second kappa shape index (κ2) is 8.01. The third-order valence-corrected chi connectivity index (χ3v) is 3.66. The maximum atomic E-state index is 12.1. The molecule has 0 fully saturated rings. The van der Waals surface area contributed by atoms with Crippen LogP contribution in [0, 0.1) is 0 Å². The molecule has 6 heteroatoms. The molecule has 25 heavy (non-hydrogen) atoms. The lowest BCUT2D eigenvalue weighted by molar-refractivity contribution is 0.0904. The molecule has 0 aromatic heterocycles. The van der Waals surface area contributed by atoms with Gasteiger partial charge in [-0.25, -0.2) is 0 Å². The highest BCUT2D eigenvalue weighted by Gasteiger charge is 2.11. The summed E-state index contributed by atoms with van der Waals surface area (Å²) in [6.07, 6.45) is 0. The molecule has 2 aromatic carbocycles. The molecule has 0 unspecified atom stereocenters.